The van der Waals surface area contributed by atoms with Gasteiger partial charge >= 0.3 is 6.03 Å². The van der Waals surface area contributed by atoms with Crippen molar-refractivity contribution in [3.63, 3.8) is 0 Å². The van der Waals surface area contributed by atoms with E-state index < -0.39 is 0 Å². The van der Waals surface area contributed by atoms with Gasteiger partial charge in [-0.1, -0.05) is 29.3 Å². The van der Waals surface area contributed by atoms with Crippen molar-refractivity contribution in [3.8, 4) is 17.2 Å². The van der Waals surface area contributed by atoms with Crippen LogP contribution in [0.15, 0.2) is 36.4 Å². The van der Waals surface area contributed by atoms with Crippen molar-refractivity contribution in [2.24, 2.45) is 0 Å². The predicted molar refractivity (Wildman–Crippen MR) is 98.5 cm³/mol. The molecule has 6 nitrogen and oxygen atoms in total. The Morgan fingerprint density at radius 3 is 2.36 bits per heavy atom. The number of urea groups is 1. The van der Waals surface area contributed by atoms with E-state index >= 15 is 0 Å². The van der Waals surface area contributed by atoms with Crippen LogP contribution in [0, 0.1) is 0 Å². The maximum Gasteiger partial charge on any atom is 0.319 e. The zero-order valence-electron chi connectivity index (χ0n) is 13.8. The fourth-order valence-corrected chi connectivity index (χ4v) is 2.62. The van der Waals surface area contributed by atoms with Gasteiger partial charge in [0.2, 0.25) is 5.75 Å². The number of benzene rings is 2. The van der Waals surface area contributed by atoms with Crippen LogP contribution in [0.5, 0.6) is 17.2 Å². The van der Waals surface area contributed by atoms with Crippen LogP contribution >= 0.6 is 23.2 Å². The molecule has 134 valence electrons. The van der Waals surface area contributed by atoms with Gasteiger partial charge in [-0.3, -0.25) is 0 Å². The first-order chi connectivity index (χ1) is 12.0. The van der Waals surface area contributed by atoms with Gasteiger partial charge < -0.3 is 24.8 Å². The maximum absolute atomic E-state index is 11.9. The number of carbonyl (C=O) groups is 1. The van der Waals surface area contributed by atoms with Gasteiger partial charge in [0.1, 0.15) is 6.61 Å². The first-order valence-electron chi connectivity index (χ1n) is 7.38. The number of para-hydroxylation sites is 1. The molecule has 0 aliphatic rings. The number of amides is 2. The normalized spacial score (nSPS) is 10.1. The van der Waals surface area contributed by atoms with E-state index in [1.807, 2.05) is 0 Å². The monoisotopic (exact) mass is 384 g/mol. The SMILES string of the molecule is COc1cccc(OCCNC(=O)Nc2cc(Cl)cc(Cl)c2)c1OC. The minimum Gasteiger partial charge on any atom is -0.493 e. The Hall–Kier alpha value is -2.31. The second-order valence-corrected chi connectivity index (χ2v) is 5.75. The quantitative estimate of drug-likeness (QED) is 0.701. The van der Waals surface area contributed by atoms with Crippen molar-refractivity contribution in [1.29, 1.82) is 0 Å². The summed E-state index contributed by atoms with van der Waals surface area (Å²) >= 11 is 11.8. The standard InChI is InChI=1S/C17H18Cl2N2O4/c1-23-14-4-3-5-15(16(14)24-2)25-7-6-20-17(22)21-13-9-11(18)8-12(19)10-13/h3-5,8-10H,6-7H2,1-2H3,(H2,20,21,22). The molecular weight excluding hydrogens is 367 g/mol. The molecule has 0 spiro atoms. The highest BCUT2D eigenvalue weighted by Gasteiger charge is 2.10. The minimum atomic E-state index is -0.389. The highest BCUT2D eigenvalue weighted by atomic mass is 35.5. The Labute approximate surface area is 156 Å². The van der Waals surface area contributed by atoms with E-state index in [0.717, 1.165) is 0 Å². The molecule has 2 rings (SSSR count). The topological polar surface area (TPSA) is 68.8 Å². The summed E-state index contributed by atoms with van der Waals surface area (Å²) in [6.45, 7) is 0.549. The fraction of sp³-hybridized carbons (Fsp3) is 0.235. The average molecular weight is 385 g/mol. The summed E-state index contributed by atoms with van der Waals surface area (Å²) in [7, 11) is 3.09. The van der Waals surface area contributed by atoms with Crippen LogP contribution in [-0.2, 0) is 0 Å². The highest BCUT2D eigenvalue weighted by Crippen LogP contribution is 2.36. The lowest BCUT2D eigenvalue weighted by Gasteiger charge is -2.14. The largest absolute Gasteiger partial charge is 0.493 e. The zero-order valence-corrected chi connectivity index (χ0v) is 15.3. The van der Waals surface area contributed by atoms with Gasteiger partial charge in [-0.15, -0.1) is 0 Å². The molecule has 0 aliphatic heterocycles. The predicted octanol–water partition coefficient (Wildman–Crippen LogP) is 4.21. The van der Waals surface area contributed by atoms with E-state index in [1.165, 1.54) is 7.11 Å². The molecule has 0 fully saturated rings. The summed E-state index contributed by atoms with van der Waals surface area (Å²) in [5.74, 6) is 1.61. The Morgan fingerprint density at radius 2 is 1.72 bits per heavy atom. The fourth-order valence-electron chi connectivity index (χ4n) is 2.10. The summed E-state index contributed by atoms with van der Waals surface area (Å²) < 4.78 is 16.1. The summed E-state index contributed by atoms with van der Waals surface area (Å²) in [5.41, 5.74) is 0.505. The van der Waals surface area contributed by atoms with Gasteiger partial charge in [-0.05, 0) is 30.3 Å². The first kappa shape index (κ1) is 19.0. The van der Waals surface area contributed by atoms with Crippen LogP contribution in [0.25, 0.3) is 0 Å². The van der Waals surface area contributed by atoms with Crippen molar-refractivity contribution in [2.45, 2.75) is 0 Å². The molecule has 0 bridgehead atoms. The number of carbonyl (C=O) groups excluding carboxylic acids is 1. The molecular formula is C17H18Cl2N2O4. The molecule has 0 saturated heterocycles. The molecule has 25 heavy (non-hydrogen) atoms. The van der Waals surface area contributed by atoms with E-state index in [2.05, 4.69) is 10.6 Å². The Morgan fingerprint density at radius 1 is 1.04 bits per heavy atom. The van der Waals surface area contributed by atoms with Gasteiger partial charge in [0.05, 0.1) is 20.8 Å². The number of halogens is 2. The molecule has 0 saturated carbocycles. The molecule has 2 N–H and O–H groups in total. The molecule has 2 aromatic carbocycles. The molecule has 0 heterocycles. The number of rotatable bonds is 7. The summed E-state index contributed by atoms with van der Waals surface area (Å²) in [6.07, 6.45) is 0. The lowest BCUT2D eigenvalue weighted by atomic mass is 10.3. The Bertz CT molecular complexity index is 720. The zero-order chi connectivity index (χ0) is 18.2. The molecule has 2 amide bonds. The number of ether oxygens (including phenoxy) is 3. The van der Waals surface area contributed by atoms with E-state index in [9.17, 15) is 4.79 Å². The van der Waals surface area contributed by atoms with Gasteiger partial charge in [0.25, 0.3) is 0 Å². The smallest absolute Gasteiger partial charge is 0.319 e. The number of anilines is 1. The van der Waals surface area contributed by atoms with Crippen LogP contribution < -0.4 is 24.8 Å². The van der Waals surface area contributed by atoms with Gasteiger partial charge in [0, 0.05) is 15.7 Å². The maximum atomic E-state index is 11.9. The van der Waals surface area contributed by atoms with Crippen molar-refractivity contribution >= 4 is 34.9 Å². The molecule has 8 heteroatoms. The van der Waals surface area contributed by atoms with Crippen LogP contribution in [0.3, 0.4) is 0 Å². The van der Waals surface area contributed by atoms with E-state index in [1.54, 1.807) is 43.5 Å². The number of nitrogens with one attached hydrogen (secondary N) is 2. The molecule has 0 atom stereocenters. The Balaban J connectivity index is 1.82. The average Bonchev–Trinajstić information content (AvgIpc) is 2.57. The minimum absolute atomic E-state index is 0.257. The summed E-state index contributed by atoms with van der Waals surface area (Å²) in [4.78, 5) is 11.9. The van der Waals surface area contributed by atoms with Crippen LogP contribution in [0.4, 0.5) is 10.5 Å². The lowest BCUT2D eigenvalue weighted by molar-refractivity contribution is 0.245. The molecule has 2 aromatic rings. The first-order valence-corrected chi connectivity index (χ1v) is 8.14. The molecule has 0 radical (unpaired) electrons. The molecule has 0 unspecified atom stereocenters. The van der Waals surface area contributed by atoms with Crippen LogP contribution in [0.2, 0.25) is 10.0 Å². The van der Waals surface area contributed by atoms with E-state index in [0.29, 0.717) is 39.5 Å². The van der Waals surface area contributed by atoms with Crippen molar-refractivity contribution in [1.82, 2.24) is 5.32 Å². The van der Waals surface area contributed by atoms with Crippen molar-refractivity contribution < 1.29 is 19.0 Å². The second-order valence-electron chi connectivity index (χ2n) is 4.88. The van der Waals surface area contributed by atoms with Gasteiger partial charge in [0.15, 0.2) is 11.5 Å². The summed E-state index contributed by atoms with van der Waals surface area (Å²) in [6, 6.07) is 9.72. The molecule has 0 aromatic heterocycles. The number of methoxy groups -OCH3 is 2. The highest BCUT2D eigenvalue weighted by molar-refractivity contribution is 6.35. The third-order valence-corrected chi connectivity index (χ3v) is 3.57. The lowest BCUT2D eigenvalue weighted by Crippen LogP contribution is -2.32. The summed E-state index contributed by atoms with van der Waals surface area (Å²) in [5, 5.41) is 6.20. The number of hydrogen-bond acceptors (Lipinski definition) is 4. The van der Waals surface area contributed by atoms with E-state index in [4.69, 9.17) is 37.4 Å². The van der Waals surface area contributed by atoms with E-state index in [-0.39, 0.29) is 12.6 Å². The van der Waals surface area contributed by atoms with Crippen LogP contribution in [-0.4, -0.2) is 33.4 Å². The third-order valence-electron chi connectivity index (χ3n) is 3.13. The van der Waals surface area contributed by atoms with Crippen LogP contribution in [0.1, 0.15) is 0 Å². The second kappa shape index (κ2) is 9.25. The van der Waals surface area contributed by atoms with Gasteiger partial charge in [-0.2, -0.15) is 0 Å². The van der Waals surface area contributed by atoms with Crippen molar-refractivity contribution in [2.75, 3.05) is 32.7 Å². The number of hydrogen-bond donors (Lipinski definition) is 2. The van der Waals surface area contributed by atoms with Gasteiger partial charge in [-0.25, -0.2) is 4.79 Å². The third kappa shape index (κ3) is 5.62. The van der Waals surface area contributed by atoms with Crippen molar-refractivity contribution in [3.05, 3.63) is 46.4 Å². The molecule has 0 aliphatic carbocycles. The Kier molecular flexibility index (Phi) is 7.03.